The van der Waals surface area contributed by atoms with Crippen molar-refractivity contribution in [1.29, 1.82) is 0 Å². The Balaban J connectivity index is 0.00000112. The second kappa shape index (κ2) is 5.24. The molecule has 1 fully saturated rings. The van der Waals surface area contributed by atoms with E-state index in [1.807, 2.05) is 18.2 Å². The molecule has 15 heavy (non-hydrogen) atoms. The minimum atomic E-state index is 0. The molecule has 0 spiro atoms. The van der Waals surface area contributed by atoms with Gasteiger partial charge in [-0.05, 0) is 19.2 Å². The monoisotopic (exact) mass is 228 g/mol. The van der Waals surface area contributed by atoms with E-state index in [1.54, 1.807) is 6.07 Å². The Labute approximate surface area is 96.7 Å². The summed E-state index contributed by atoms with van der Waals surface area (Å²) in [4.78, 5) is 4.62. The lowest BCUT2D eigenvalue weighted by Crippen LogP contribution is -2.44. The number of hydrogen-bond acceptors (Lipinski definition) is 3. The SMILES string of the molecule is CN1CCN(c2cccc(O)c2)CC1.Cl. The normalized spacial score (nSPS) is 17.3. The van der Waals surface area contributed by atoms with Crippen molar-refractivity contribution in [2.24, 2.45) is 0 Å². The lowest BCUT2D eigenvalue weighted by Gasteiger charge is -2.34. The third-order valence-electron chi connectivity index (χ3n) is 2.70. The molecule has 0 saturated carbocycles. The van der Waals surface area contributed by atoms with Gasteiger partial charge >= 0.3 is 0 Å². The van der Waals surface area contributed by atoms with E-state index < -0.39 is 0 Å². The minimum Gasteiger partial charge on any atom is -0.508 e. The number of likely N-dealkylation sites (N-methyl/N-ethyl adjacent to an activating group) is 1. The van der Waals surface area contributed by atoms with Gasteiger partial charge in [0.25, 0.3) is 0 Å². The molecule has 2 rings (SSSR count). The number of phenolic OH excluding ortho intramolecular Hbond substituents is 1. The average molecular weight is 229 g/mol. The highest BCUT2D eigenvalue weighted by Crippen LogP contribution is 2.20. The molecule has 0 radical (unpaired) electrons. The number of piperazine rings is 1. The van der Waals surface area contributed by atoms with Crippen molar-refractivity contribution in [3.63, 3.8) is 0 Å². The highest BCUT2D eigenvalue weighted by molar-refractivity contribution is 5.85. The van der Waals surface area contributed by atoms with Crippen molar-refractivity contribution in [1.82, 2.24) is 4.90 Å². The van der Waals surface area contributed by atoms with E-state index in [4.69, 9.17) is 0 Å². The maximum Gasteiger partial charge on any atom is 0.117 e. The van der Waals surface area contributed by atoms with E-state index in [9.17, 15) is 5.11 Å². The lowest BCUT2D eigenvalue weighted by atomic mass is 10.2. The molecule has 1 saturated heterocycles. The number of benzene rings is 1. The van der Waals surface area contributed by atoms with Crippen LogP contribution in [0.25, 0.3) is 0 Å². The van der Waals surface area contributed by atoms with Crippen molar-refractivity contribution >= 4 is 18.1 Å². The predicted octanol–water partition coefficient (Wildman–Crippen LogP) is 1.57. The predicted molar refractivity (Wildman–Crippen MR) is 65.1 cm³/mol. The number of aromatic hydroxyl groups is 1. The average Bonchev–Trinajstić information content (AvgIpc) is 2.19. The molecule has 0 amide bonds. The van der Waals surface area contributed by atoms with E-state index in [2.05, 4.69) is 16.8 Å². The molecule has 1 N–H and O–H groups in total. The first-order valence-electron chi connectivity index (χ1n) is 4.98. The van der Waals surface area contributed by atoms with Crippen molar-refractivity contribution in [2.45, 2.75) is 0 Å². The van der Waals surface area contributed by atoms with Gasteiger partial charge in [0, 0.05) is 37.9 Å². The van der Waals surface area contributed by atoms with Gasteiger partial charge in [0.2, 0.25) is 0 Å². The molecule has 0 atom stereocenters. The van der Waals surface area contributed by atoms with Crippen LogP contribution in [-0.4, -0.2) is 43.2 Å². The van der Waals surface area contributed by atoms with E-state index in [0.29, 0.717) is 5.75 Å². The molecule has 0 aromatic heterocycles. The Morgan fingerprint density at radius 2 is 1.80 bits per heavy atom. The summed E-state index contributed by atoms with van der Waals surface area (Å²) >= 11 is 0. The Morgan fingerprint density at radius 1 is 1.13 bits per heavy atom. The van der Waals surface area contributed by atoms with Crippen LogP contribution in [0.2, 0.25) is 0 Å². The van der Waals surface area contributed by atoms with Crippen molar-refractivity contribution in [2.75, 3.05) is 38.1 Å². The molecule has 0 unspecified atom stereocenters. The summed E-state index contributed by atoms with van der Waals surface area (Å²) in [5.41, 5.74) is 1.12. The zero-order valence-corrected chi connectivity index (χ0v) is 9.70. The largest absolute Gasteiger partial charge is 0.508 e. The number of anilines is 1. The fraction of sp³-hybridized carbons (Fsp3) is 0.455. The summed E-state index contributed by atoms with van der Waals surface area (Å²) in [6, 6.07) is 7.47. The van der Waals surface area contributed by atoms with Gasteiger partial charge in [0.1, 0.15) is 5.75 Å². The lowest BCUT2D eigenvalue weighted by molar-refractivity contribution is 0.312. The van der Waals surface area contributed by atoms with Crippen LogP contribution in [0.1, 0.15) is 0 Å². The van der Waals surface area contributed by atoms with Crippen molar-refractivity contribution in [3.8, 4) is 5.75 Å². The smallest absolute Gasteiger partial charge is 0.117 e. The first kappa shape index (κ1) is 12.1. The Hall–Kier alpha value is -0.930. The summed E-state index contributed by atoms with van der Waals surface area (Å²) in [6.07, 6.45) is 0. The summed E-state index contributed by atoms with van der Waals surface area (Å²) in [6.45, 7) is 4.27. The third-order valence-corrected chi connectivity index (χ3v) is 2.70. The molecule has 0 aliphatic carbocycles. The minimum absolute atomic E-state index is 0. The number of halogens is 1. The highest BCUT2D eigenvalue weighted by atomic mass is 35.5. The standard InChI is InChI=1S/C11H16N2O.ClH/c1-12-5-7-13(8-6-12)10-3-2-4-11(14)9-10;/h2-4,9,14H,5-8H2,1H3;1H. The number of phenols is 1. The summed E-state index contributed by atoms with van der Waals surface area (Å²) in [7, 11) is 2.14. The van der Waals surface area contributed by atoms with Gasteiger partial charge in [-0.3, -0.25) is 0 Å². The molecule has 84 valence electrons. The van der Waals surface area contributed by atoms with Crippen LogP contribution in [0.3, 0.4) is 0 Å². The van der Waals surface area contributed by atoms with Crippen molar-refractivity contribution < 1.29 is 5.11 Å². The van der Waals surface area contributed by atoms with E-state index >= 15 is 0 Å². The fourth-order valence-electron chi connectivity index (χ4n) is 1.75. The molecule has 1 aromatic rings. The molecule has 1 heterocycles. The van der Waals surface area contributed by atoms with Crippen LogP contribution in [0.15, 0.2) is 24.3 Å². The van der Waals surface area contributed by atoms with Gasteiger partial charge in [0.05, 0.1) is 0 Å². The van der Waals surface area contributed by atoms with Gasteiger partial charge in [-0.1, -0.05) is 6.07 Å². The molecular formula is C11H17ClN2O. The zero-order valence-electron chi connectivity index (χ0n) is 8.89. The number of hydrogen-bond donors (Lipinski definition) is 1. The van der Waals surface area contributed by atoms with Gasteiger partial charge < -0.3 is 14.9 Å². The van der Waals surface area contributed by atoms with Gasteiger partial charge in [-0.15, -0.1) is 12.4 Å². The first-order chi connectivity index (χ1) is 6.75. The topological polar surface area (TPSA) is 26.7 Å². The van der Waals surface area contributed by atoms with E-state index in [1.165, 1.54) is 0 Å². The quantitative estimate of drug-likeness (QED) is 0.791. The molecular weight excluding hydrogens is 212 g/mol. The maximum atomic E-state index is 9.36. The van der Waals surface area contributed by atoms with E-state index in [-0.39, 0.29) is 12.4 Å². The Bertz CT molecular complexity index is 311. The van der Waals surface area contributed by atoms with Crippen LogP contribution in [0.4, 0.5) is 5.69 Å². The molecule has 1 aliphatic heterocycles. The van der Waals surface area contributed by atoms with Crippen LogP contribution < -0.4 is 4.90 Å². The second-order valence-corrected chi connectivity index (χ2v) is 3.81. The molecule has 1 aliphatic rings. The van der Waals surface area contributed by atoms with Crippen LogP contribution in [0.5, 0.6) is 5.75 Å². The van der Waals surface area contributed by atoms with Crippen LogP contribution in [-0.2, 0) is 0 Å². The zero-order chi connectivity index (χ0) is 9.97. The third kappa shape index (κ3) is 3.01. The molecule has 3 nitrogen and oxygen atoms in total. The number of nitrogens with zero attached hydrogens (tertiary/aromatic N) is 2. The number of rotatable bonds is 1. The van der Waals surface area contributed by atoms with Gasteiger partial charge in [0.15, 0.2) is 0 Å². The van der Waals surface area contributed by atoms with E-state index in [0.717, 1.165) is 31.9 Å². The maximum absolute atomic E-state index is 9.36. The summed E-state index contributed by atoms with van der Waals surface area (Å²) in [5, 5.41) is 9.36. The fourth-order valence-corrected chi connectivity index (χ4v) is 1.75. The molecule has 1 aromatic carbocycles. The summed E-state index contributed by atoms with van der Waals surface area (Å²) in [5.74, 6) is 0.349. The first-order valence-corrected chi connectivity index (χ1v) is 4.98. The Morgan fingerprint density at radius 3 is 2.40 bits per heavy atom. The van der Waals surface area contributed by atoms with Gasteiger partial charge in [-0.2, -0.15) is 0 Å². The van der Waals surface area contributed by atoms with Crippen LogP contribution >= 0.6 is 12.4 Å². The molecule has 4 heteroatoms. The second-order valence-electron chi connectivity index (χ2n) is 3.81. The van der Waals surface area contributed by atoms with Crippen LogP contribution in [0, 0.1) is 0 Å². The molecule has 0 bridgehead atoms. The summed E-state index contributed by atoms with van der Waals surface area (Å²) < 4.78 is 0. The Kier molecular flexibility index (Phi) is 4.24. The van der Waals surface area contributed by atoms with Gasteiger partial charge in [-0.25, -0.2) is 0 Å². The highest BCUT2D eigenvalue weighted by Gasteiger charge is 2.13. The van der Waals surface area contributed by atoms with Crippen molar-refractivity contribution in [3.05, 3.63) is 24.3 Å².